The molecule has 2 aromatic rings. The molecular weight excluding hydrogens is 438 g/mol. The third-order valence-corrected chi connectivity index (χ3v) is 6.60. The summed E-state index contributed by atoms with van der Waals surface area (Å²) in [4.78, 5) is 28.0. The number of likely N-dealkylation sites (tertiary alicyclic amines) is 1. The molecule has 4 rings (SSSR count). The highest BCUT2D eigenvalue weighted by atomic mass is 16.6. The number of allylic oxidation sites excluding steroid dienone is 1. The summed E-state index contributed by atoms with van der Waals surface area (Å²) < 4.78 is 5.62. The van der Waals surface area contributed by atoms with E-state index in [1.54, 1.807) is 11.8 Å². The predicted molar refractivity (Wildman–Crippen MR) is 136 cm³/mol. The maximum absolute atomic E-state index is 12.8. The van der Waals surface area contributed by atoms with Gasteiger partial charge in [-0.15, -0.1) is 0 Å². The normalized spacial score (nSPS) is 16.3. The Bertz CT molecular complexity index is 1180. The lowest BCUT2D eigenvalue weighted by molar-refractivity contribution is -0.129. The molecule has 1 fully saturated rings. The number of nitriles is 1. The van der Waals surface area contributed by atoms with Crippen LogP contribution in [-0.4, -0.2) is 40.5 Å². The second kappa shape index (κ2) is 9.95. The van der Waals surface area contributed by atoms with Gasteiger partial charge in [0.1, 0.15) is 5.60 Å². The molecule has 0 aliphatic carbocycles. The minimum atomic E-state index is -0.548. The van der Waals surface area contributed by atoms with Gasteiger partial charge in [0, 0.05) is 26.6 Å². The standard InChI is InChI=1S/C29H33N3O3/c1-20(33)31-13-11-21(12-14-31)5-6-23-15-25-18-32(28(34)35-29(2,3)4)19-27(25)26(16-23)24-9-7-22(17-30)8-10-24/h5-10,15-16,21H,11-14,18-19H2,1-4H3/b6-5+. The van der Waals surface area contributed by atoms with Gasteiger partial charge < -0.3 is 9.64 Å². The number of nitrogens with zero attached hydrogens (tertiary/aromatic N) is 3. The number of fused-ring (bicyclic) bond motifs is 1. The average molecular weight is 472 g/mol. The Morgan fingerprint density at radius 1 is 1.06 bits per heavy atom. The van der Waals surface area contributed by atoms with E-state index in [1.807, 2.05) is 49.9 Å². The SMILES string of the molecule is CC(=O)N1CCC(/C=C/c2cc3c(c(-c4ccc(C#N)cc4)c2)CN(C(=O)OC(C)(C)C)C3)CC1. The summed E-state index contributed by atoms with van der Waals surface area (Å²) in [6.45, 7) is 9.86. The van der Waals surface area contributed by atoms with Gasteiger partial charge in [0.05, 0.1) is 18.2 Å². The third kappa shape index (κ3) is 5.92. The van der Waals surface area contributed by atoms with Gasteiger partial charge in [0.25, 0.3) is 0 Å². The molecule has 0 aromatic heterocycles. The topological polar surface area (TPSA) is 73.6 Å². The van der Waals surface area contributed by atoms with Gasteiger partial charge in [0.2, 0.25) is 5.91 Å². The maximum Gasteiger partial charge on any atom is 0.410 e. The lowest BCUT2D eigenvalue weighted by Gasteiger charge is -2.29. The van der Waals surface area contributed by atoms with Gasteiger partial charge in [-0.2, -0.15) is 5.26 Å². The lowest BCUT2D eigenvalue weighted by Crippen LogP contribution is -2.36. The van der Waals surface area contributed by atoms with E-state index < -0.39 is 5.60 Å². The molecule has 2 aromatic carbocycles. The van der Waals surface area contributed by atoms with Crippen molar-refractivity contribution in [1.29, 1.82) is 5.26 Å². The first kappa shape index (κ1) is 24.5. The molecule has 2 amide bonds. The van der Waals surface area contributed by atoms with Crippen LogP contribution in [-0.2, 0) is 22.6 Å². The van der Waals surface area contributed by atoms with Crippen LogP contribution >= 0.6 is 0 Å². The van der Waals surface area contributed by atoms with E-state index in [-0.39, 0.29) is 12.0 Å². The summed E-state index contributed by atoms with van der Waals surface area (Å²) in [5.74, 6) is 0.586. The highest BCUT2D eigenvalue weighted by molar-refractivity contribution is 5.77. The van der Waals surface area contributed by atoms with E-state index in [9.17, 15) is 14.9 Å². The van der Waals surface area contributed by atoms with Crippen LogP contribution in [0.1, 0.15) is 62.8 Å². The zero-order chi connectivity index (χ0) is 25.2. The van der Waals surface area contributed by atoms with Gasteiger partial charge >= 0.3 is 6.09 Å². The van der Waals surface area contributed by atoms with Gasteiger partial charge in [-0.3, -0.25) is 9.69 Å². The van der Waals surface area contributed by atoms with Crippen molar-refractivity contribution in [2.24, 2.45) is 5.92 Å². The van der Waals surface area contributed by atoms with Crippen molar-refractivity contribution in [3.8, 4) is 17.2 Å². The molecule has 0 atom stereocenters. The Kier molecular flexibility index (Phi) is 6.98. The fraction of sp³-hybridized carbons (Fsp3) is 0.414. The molecule has 35 heavy (non-hydrogen) atoms. The largest absolute Gasteiger partial charge is 0.444 e. The van der Waals surface area contributed by atoms with Gasteiger partial charge in [-0.05, 0) is 91.6 Å². The number of amides is 2. The van der Waals surface area contributed by atoms with Crippen LogP contribution < -0.4 is 0 Å². The first-order valence-electron chi connectivity index (χ1n) is 12.2. The Morgan fingerprint density at radius 3 is 2.34 bits per heavy atom. The second-order valence-electron chi connectivity index (χ2n) is 10.4. The molecule has 182 valence electrons. The number of ether oxygens (including phenoxy) is 1. The summed E-state index contributed by atoms with van der Waals surface area (Å²) in [6.07, 6.45) is 6.04. The van der Waals surface area contributed by atoms with Crippen molar-refractivity contribution in [3.63, 3.8) is 0 Å². The summed E-state index contributed by atoms with van der Waals surface area (Å²) in [7, 11) is 0. The van der Waals surface area contributed by atoms with Crippen molar-refractivity contribution >= 4 is 18.1 Å². The first-order valence-corrected chi connectivity index (χ1v) is 12.2. The summed E-state index contributed by atoms with van der Waals surface area (Å²) >= 11 is 0. The van der Waals surface area contributed by atoms with Crippen LogP contribution in [0.15, 0.2) is 42.5 Å². The molecule has 2 aliphatic heterocycles. The van der Waals surface area contributed by atoms with Gasteiger partial charge in [-0.25, -0.2) is 4.79 Å². The zero-order valence-electron chi connectivity index (χ0n) is 21.0. The quantitative estimate of drug-likeness (QED) is 0.571. The van der Waals surface area contributed by atoms with Crippen LogP contribution in [0, 0.1) is 17.2 Å². The van der Waals surface area contributed by atoms with Crippen molar-refractivity contribution in [3.05, 3.63) is 64.7 Å². The Hall–Kier alpha value is -3.59. The van der Waals surface area contributed by atoms with Crippen molar-refractivity contribution in [2.45, 2.75) is 59.2 Å². The van der Waals surface area contributed by atoms with Crippen molar-refractivity contribution in [2.75, 3.05) is 13.1 Å². The molecule has 0 N–H and O–H groups in total. The summed E-state index contributed by atoms with van der Waals surface area (Å²) in [5, 5.41) is 9.19. The first-order chi connectivity index (χ1) is 16.6. The highest BCUT2D eigenvalue weighted by Crippen LogP contribution is 2.35. The average Bonchev–Trinajstić information content (AvgIpc) is 3.26. The number of piperidine rings is 1. The monoisotopic (exact) mass is 471 g/mol. The number of carbonyl (C=O) groups excluding carboxylic acids is 2. The van der Waals surface area contributed by atoms with E-state index in [2.05, 4.69) is 30.4 Å². The number of hydrogen-bond acceptors (Lipinski definition) is 4. The Morgan fingerprint density at radius 2 is 1.74 bits per heavy atom. The van der Waals surface area contributed by atoms with Crippen LogP contribution in [0.25, 0.3) is 17.2 Å². The Balaban J connectivity index is 1.61. The van der Waals surface area contributed by atoms with Gasteiger partial charge in [-0.1, -0.05) is 24.3 Å². The van der Waals surface area contributed by atoms with Crippen molar-refractivity contribution < 1.29 is 14.3 Å². The molecule has 2 heterocycles. The van der Waals surface area contributed by atoms with Crippen LogP contribution in [0.4, 0.5) is 4.79 Å². The van der Waals surface area contributed by atoms with Gasteiger partial charge in [0.15, 0.2) is 0 Å². The molecule has 6 heteroatoms. The molecule has 2 aliphatic rings. The van der Waals surface area contributed by atoms with E-state index in [1.165, 1.54) is 0 Å². The molecular formula is C29H33N3O3. The maximum atomic E-state index is 12.8. The molecule has 0 radical (unpaired) electrons. The molecule has 6 nitrogen and oxygen atoms in total. The number of rotatable bonds is 3. The van der Waals surface area contributed by atoms with E-state index in [4.69, 9.17) is 4.74 Å². The highest BCUT2D eigenvalue weighted by Gasteiger charge is 2.30. The third-order valence-electron chi connectivity index (χ3n) is 6.60. The molecule has 0 unspecified atom stereocenters. The minimum Gasteiger partial charge on any atom is -0.444 e. The molecule has 0 saturated carbocycles. The minimum absolute atomic E-state index is 0.146. The fourth-order valence-corrected chi connectivity index (χ4v) is 4.72. The lowest BCUT2D eigenvalue weighted by atomic mass is 9.92. The predicted octanol–water partition coefficient (Wildman–Crippen LogP) is 5.75. The van der Waals surface area contributed by atoms with E-state index in [0.717, 1.165) is 53.7 Å². The fourth-order valence-electron chi connectivity index (χ4n) is 4.72. The number of benzene rings is 2. The van der Waals surface area contributed by atoms with Crippen molar-refractivity contribution in [1.82, 2.24) is 9.80 Å². The summed E-state index contributed by atoms with van der Waals surface area (Å²) in [6, 6.07) is 14.1. The number of hydrogen-bond donors (Lipinski definition) is 0. The van der Waals surface area contributed by atoms with Crippen LogP contribution in [0.2, 0.25) is 0 Å². The second-order valence-corrected chi connectivity index (χ2v) is 10.4. The molecule has 0 bridgehead atoms. The van der Waals surface area contributed by atoms with Crippen LogP contribution in [0.3, 0.4) is 0 Å². The zero-order valence-corrected chi connectivity index (χ0v) is 21.0. The molecule has 0 spiro atoms. The van der Waals surface area contributed by atoms with E-state index >= 15 is 0 Å². The smallest absolute Gasteiger partial charge is 0.410 e. The van der Waals surface area contributed by atoms with E-state index in [0.29, 0.717) is 24.6 Å². The number of carbonyl (C=O) groups is 2. The molecule has 1 saturated heterocycles. The Labute approximate surface area is 207 Å². The summed E-state index contributed by atoms with van der Waals surface area (Å²) in [5.41, 5.74) is 5.49. The van der Waals surface area contributed by atoms with Crippen LogP contribution in [0.5, 0.6) is 0 Å².